The molecule has 0 N–H and O–H groups in total. The van der Waals surface area contributed by atoms with Crippen LogP contribution in [0.15, 0.2) is 58.5 Å². The minimum atomic E-state index is -0.720. The molecule has 2 heterocycles. The molecule has 0 aromatic heterocycles. The summed E-state index contributed by atoms with van der Waals surface area (Å²) in [5.74, 6) is 0.0671. The number of benzene rings is 2. The summed E-state index contributed by atoms with van der Waals surface area (Å²) in [6.07, 6.45) is 0. The Morgan fingerprint density at radius 1 is 0.727 bits per heavy atom. The van der Waals surface area contributed by atoms with Crippen LogP contribution in [0.2, 0.25) is 0 Å². The van der Waals surface area contributed by atoms with E-state index in [1.807, 2.05) is 0 Å². The molecule has 2 aliphatic heterocycles. The van der Waals surface area contributed by atoms with E-state index >= 15 is 0 Å². The van der Waals surface area contributed by atoms with Gasteiger partial charge in [0.2, 0.25) is 11.8 Å². The van der Waals surface area contributed by atoms with Crippen LogP contribution in [0.4, 0.5) is 0 Å². The molecule has 0 fully saturated rings. The molecule has 5 nitrogen and oxygen atoms in total. The zero-order valence-corrected chi connectivity index (χ0v) is 20.4. The molecule has 0 amide bonds. The Morgan fingerprint density at radius 3 is 1.39 bits per heavy atom. The van der Waals surface area contributed by atoms with Crippen LogP contribution in [0, 0.1) is 17.2 Å². The van der Waals surface area contributed by atoms with E-state index in [1.165, 1.54) is 11.1 Å². The minimum Gasteiger partial charge on any atom is -0.477 e. The van der Waals surface area contributed by atoms with Gasteiger partial charge in [0, 0.05) is 0 Å². The largest absolute Gasteiger partial charge is 0.477 e. The van der Waals surface area contributed by atoms with Gasteiger partial charge < -0.3 is 9.47 Å². The van der Waals surface area contributed by atoms with Crippen LogP contribution in [0.1, 0.15) is 75.9 Å². The van der Waals surface area contributed by atoms with Crippen LogP contribution < -0.4 is 0 Å². The van der Waals surface area contributed by atoms with E-state index in [0.717, 1.165) is 11.1 Å². The molecule has 2 atom stereocenters. The van der Waals surface area contributed by atoms with Crippen LogP contribution >= 0.6 is 0 Å². The van der Waals surface area contributed by atoms with Gasteiger partial charge in [0.05, 0.1) is 6.07 Å². The number of nitrogens with zero attached hydrogens (tertiary/aromatic N) is 3. The minimum absolute atomic E-state index is 0.104. The Kier molecular flexibility index (Phi) is 6.05. The fourth-order valence-electron chi connectivity index (χ4n) is 4.07. The monoisotopic (exact) mass is 443 g/mol. The van der Waals surface area contributed by atoms with Crippen LogP contribution in [-0.4, -0.2) is 25.0 Å². The van der Waals surface area contributed by atoms with Crippen LogP contribution in [0.25, 0.3) is 0 Å². The van der Waals surface area contributed by atoms with Gasteiger partial charge in [0.25, 0.3) is 0 Å². The molecule has 0 bridgehead atoms. The van der Waals surface area contributed by atoms with Crippen LogP contribution in [-0.2, 0) is 20.3 Å². The Balaban J connectivity index is 1.49. The van der Waals surface area contributed by atoms with Gasteiger partial charge >= 0.3 is 0 Å². The summed E-state index contributed by atoms with van der Waals surface area (Å²) in [6.45, 7) is 14.0. The van der Waals surface area contributed by atoms with Gasteiger partial charge in [0.15, 0.2) is 5.92 Å². The second kappa shape index (κ2) is 8.67. The number of hydrogen-bond acceptors (Lipinski definition) is 5. The van der Waals surface area contributed by atoms with Gasteiger partial charge in [0.1, 0.15) is 25.3 Å². The van der Waals surface area contributed by atoms with Crippen molar-refractivity contribution in [2.45, 2.75) is 64.5 Å². The summed E-state index contributed by atoms with van der Waals surface area (Å²) in [6, 6.07) is 19.0. The molecule has 172 valence electrons. The van der Waals surface area contributed by atoms with Crippen molar-refractivity contribution in [2.24, 2.45) is 15.9 Å². The highest BCUT2D eigenvalue weighted by Gasteiger charge is 2.35. The summed E-state index contributed by atoms with van der Waals surface area (Å²) in [5, 5.41) is 9.84. The van der Waals surface area contributed by atoms with Crippen molar-refractivity contribution >= 4 is 11.8 Å². The second-order valence-electron chi connectivity index (χ2n) is 10.9. The lowest BCUT2D eigenvalue weighted by Crippen LogP contribution is -2.23. The van der Waals surface area contributed by atoms with E-state index in [-0.39, 0.29) is 22.9 Å². The number of aliphatic imine (C=N–C) groups is 2. The molecule has 5 heteroatoms. The van der Waals surface area contributed by atoms with E-state index in [0.29, 0.717) is 25.0 Å². The van der Waals surface area contributed by atoms with E-state index in [2.05, 4.69) is 96.1 Å². The molecule has 33 heavy (non-hydrogen) atoms. The topological polar surface area (TPSA) is 67.0 Å². The van der Waals surface area contributed by atoms with E-state index in [1.54, 1.807) is 0 Å². The Bertz CT molecular complexity index is 1010. The number of nitriles is 1. The highest BCUT2D eigenvalue weighted by Crippen LogP contribution is 2.32. The molecule has 0 unspecified atom stereocenters. The summed E-state index contributed by atoms with van der Waals surface area (Å²) in [4.78, 5) is 9.43. The average Bonchev–Trinajstić information content (AvgIpc) is 3.44. The van der Waals surface area contributed by atoms with Crippen molar-refractivity contribution in [1.29, 1.82) is 5.26 Å². The summed E-state index contributed by atoms with van der Waals surface area (Å²) < 4.78 is 11.7. The maximum atomic E-state index is 9.84. The third kappa shape index (κ3) is 4.95. The van der Waals surface area contributed by atoms with Crippen LogP contribution in [0.5, 0.6) is 0 Å². The highest BCUT2D eigenvalue weighted by atomic mass is 16.5. The van der Waals surface area contributed by atoms with Crippen molar-refractivity contribution in [3.8, 4) is 6.07 Å². The zero-order valence-electron chi connectivity index (χ0n) is 20.4. The molecule has 2 aliphatic rings. The molecule has 0 aliphatic carbocycles. The van der Waals surface area contributed by atoms with E-state index in [4.69, 9.17) is 19.5 Å². The second-order valence-corrected chi connectivity index (χ2v) is 10.9. The van der Waals surface area contributed by atoms with Gasteiger partial charge in [-0.3, -0.25) is 0 Å². The maximum absolute atomic E-state index is 9.84. The number of rotatable bonds is 4. The molecular formula is C28H33N3O2. The highest BCUT2D eigenvalue weighted by molar-refractivity contribution is 6.04. The van der Waals surface area contributed by atoms with E-state index in [9.17, 15) is 5.26 Å². The first-order valence-corrected chi connectivity index (χ1v) is 11.6. The smallest absolute Gasteiger partial charge is 0.211 e. The normalized spacial score (nSPS) is 20.7. The van der Waals surface area contributed by atoms with Gasteiger partial charge in [-0.05, 0) is 33.1 Å². The maximum Gasteiger partial charge on any atom is 0.211 e. The van der Waals surface area contributed by atoms with Crippen molar-refractivity contribution in [2.75, 3.05) is 13.2 Å². The van der Waals surface area contributed by atoms with Crippen molar-refractivity contribution in [3.63, 3.8) is 0 Å². The van der Waals surface area contributed by atoms with Gasteiger partial charge in [-0.25, -0.2) is 9.98 Å². The first kappa shape index (κ1) is 23.0. The third-order valence-electron chi connectivity index (χ3n) is 6.29. The lowest BCUT2D eigenvalue weighted by molar-refractivity contribution is 0.292. The molecule has 0 saturated heterocycles. The van der Waals surface area contributed by atoms with Gasteiger partial charge in [-0.15, -0.1) is 0 Å². The first-order valence-electron chi connectivity index (χ1n) is 11.6. The quantitative estimate of drug-likeness (QED) is 0.577. The Morgan fingerprint density at radius 2 is 1.09 bits per heavy atom. The molecule has 0 spiro atoms. The van der Waals surface area contributed by atoms with Crippen molar-refractivity contribution in [3.05, 3.63) is 70.8 Å². The summed E-state index contributed by atoms with van der Waals surface area (Å²) >= 11 is 0. The molecule has 2 aromatic rings. The molecule has 0 radical (unpaired) electrons. The lowest BCUT2D eigenvalue weighted by Gasteiger charge is -2.19. The van der Waals surface area contributed by atoms with Crippen LogP contribution in [0.3, 0.4) is 0 Å². The third-order valence-corrected chi connectivity index (χ3v) is 6.29. The molecule has 4 rings (SSSR count). The van der Waals surface area contributed by atoms with E-state index < -0.39 is 5.92 Å². The fraction of sp³-hybridized carbons (Fsp3) is 0.464. The first-order chi connectivity index (χ1) is 15.6. The Labute approximate surface area is 197 Å². The predicted molar refractivity (Wildman–Crippen MR) is 132 cm³/mol. The van der Waals surface area contributed by atoms with Gasteiger partial charge in [-0.2, -0.15) is 5.26 Å². The number of hydrogen-bond donors (Lipinski definition) is 0. The standard InChI is InChI=1S/C28H33N3O2/c1-27(2,3)20-11-7-18(8-12-20)23-16-32-25(30-23)22(15-29)26-31-24(17-33-26)19-9-13-21(14-10-19)28(4,5)6/h7-14,22-24H,16-17H2,1-6H3/t23-,24-/m1/s1. The zero-order chi connectivity index (χ0) is 23.8. The lowest BCUT2D eigenvalue weighted by atomic mass is 9.86. The summed E-state index contributed by atoms with van der Waals surface area (Å²) in [5.41, 5.74) is 4.93. The molecular weight excluding hydrogens is 410 g/mol. The average molecular weight is 444 g/mol. The Hall–Kier alpha value is -3.13. The van der Waals surface area contributed by atoms with Crippen molar-refractivity contribution in [1.82, 2.24) is 0 Å². The summed E-state index contributed by atoms with van der Waals surface area (Å²) in [7, 11) is 0. The number of ether oxygens (including phenoxy) is 2. The SMILES string of the molecule is CC(C)(C)c1ccc([C@H]2COC(C(C#N)C3=N[C@@H](c4ccc(C(C)(C)C)cc4)CO3)=N2)cc1. The fourth-order valence-corrected chi connectivity index (χ4v) is 4.07. The predicted octanol–water partition coefficient (Wildman–Crippen LogP) is 6.06. The molecule has 0 saturated carbocycles. The van der Waals surface area contributed by atoms with Crippen molar-refractivity contribution < 1.29 is 9.47 Å². The van der Waals surface area contributed by atoms with Gasteiger partial charge in [-0.1, -0.05) is 90.1 Å². The molecule has 2 aromatic carbocycles.